The summed E-state index contributed by atoms with van der Waals surface area (Å²) in [6, 6.07) is 5.58. The first kappa shape index (κ1) is 16.3. The number of benzene rings is 1. The van der Waals surface area contributed by atoms with Crippen LogP contribution in [0.3, 0.4) is 0 Å². The van der Waals surface area contributed by atoms with Crippen LogP contribution in [-0.2, 0) is 4.79 Å². The van der Waals surface area contributed by atoms with Crippen molar-refractivity contribution in [3.05, 3.63) is 23.8 Å². The second kappa shape index (κ2) is 8.46. The van der Waals surface area contributed by atoms with Crippen molar-refractivity contribution in [1.82, 2.24) is 0 Å². The van der Waals surface area contributed by atoms with Gasteiger partial charge in [-0.3, -0.25) is 4.79 Å². The van der Waals surface area contributed by atoms with Crippen LogP contribution in [0, 0.1) is 0 Å². The minimum atomic E-state index is -0.774. The molecule has 0 amide bonds. The van der Waals surface area contributed by atoms with Gasteiger partial charge in [0.15, 0.2) is 0 Å². The molecule has 0 unspecified atom stereocenters. The van der Waals surface area contributed by atoms with E-state index in [-0.39, 0.29) is 12.3 Å². The van der Waals surface area contributed by atoms with E-state index in [9.17, 15) is 4.79 Å². The fraction of sp³-hybridized carbons (Fsp3) is 0.562. The van der Waals surface area contributed by atoms with Crippen LogP contribution in [0.1, 0.15) is 50.5 Å². The Morgan fingerprint density at radius 2 is 2.00 bits per heavy atom. The summed E-state index contributed by atoms with van der Waals surface area (Å²) < 4.78 is 10.6. The molecule has 0 bridgehead atoms. The molecule has 0 radical (unpaired) electrons. The van der Waals surface area contributed by atoms with Crippen LogP contribution >= 0.6 is 0 Å². The molecule has 1 N–H and O–H groups in total. The maximum Gasteiger partial charge on any atom is 0.303 e. The smallest absolute Gasteiger partial charge is 0.303 e. The summed E-state index contributed by atoms with van der Waals surface area (Å²) in [5, 5.41) is 9.10. The van der Waals surface area contributed by atoms with Crippen molar-refractivity contribution < 1.29 is 19.4 Å². The van der Waals surface area contributed by atoms with Crippen molar-refractivity contribution >= 4 is 5.97 Å². The van der Waals surface area contributed by atoms with Crippen molar-refractivity contribution in [2.75, 3.05) is 14.2 Å². The molecular formula is C16H24O4. The van der Waals surface area contributed by atoms with Gasteiger partial charge in [-0.2, -0.15) is 0 Å². The molecule has 0 aliphatic rings. The van der Waals surface area contributed by atoms with Gasteiger partial charge in [-0.15, -0.1) is 0 Å². The van der Waals surface area contributed by atoms with E-state index in [1.165, 1.54) is 0 Å². The highest BCUT2D eigenvalue weighted by molar-refractivity contribution is 5.68. The molecule has 0 heterocycles. The SMILES string of the molecule is CCCCC[C@@H](CC(=O)O)c1ccc(OC)cc1OC. The van der Waals surface area contributed by atoms with E-state index in [4.69, 9.17) is 14.6 Å². The number of carboxylic acids is 1. The van der Waals surface area contributed by atoms with Crippen LogP contribution in [0.5, 0.6) is 11.5 Å². The van der Waals surface area contributed by atoms with E-state index in [1.807, 2.05) is 18.2 Å². The zero-order valence-corrected chi connectivity index (χ0v) is 12.5. The van der Waals surface area contributed by atoms with Crippen molar-refractivity contribution in [2.24, 2.45) is 0 Å². The predicted molar refractivity (Wildman–Crippen MR) is 78.7 cm³/mol. The molecule has 0 saturated carbocycles. The first-order valence-electron chi connectivity index (χ1n) is 7.06. The highest BCUT2D eigenvalue weighted by Crippen LogP contribution is 2.35. The van der Waals surface area contributed by atoms with E-state index in [0.717, 1.165) is 31.2 Å². The molecule has 0 aliphatic carbocycles. The molecule has 0 aromatic heterocycles. The highest BCUT2D eigenvalue weighted by atomic mass is 16.5. The molecule has 1 aromatic carbocycles. The molecule has 20 heavy (non-hydrogen) atoms. The molecule has 0 spiro atoms. The summed E-state index contributed by atoms with van der Waals surface area (Å²) >= 11 is 0. The van der Waals surface area contributed by atoms with Crippen LogP contribution < -0.4 is 9.47 Å². The minimum absolute atomic E-state index is 0.0140. The van der Waals surface area contributed by atoms with Gasteiger partial charge in [0.2, 0.25) is 0 Å². The normalized spacial score (nSPS) is 11.9. The van der Waals surface area contributed by atoms with Crippen LogP contribution in [-0.4, -0.2) is 25.3 Å². The molecule has 0 saturated heterocycles. The van der Waals surface area contributed by atoms with E-state index in [2.05, 4.69) is 6.92 Å². The summed E-state index contributed by atoms with van der Waals surface area (Å²) in [7, 11) is 3.20. The van der Waals surface area contributed by atoms with Gasteiger partial charge in [-0.1, -0.05) is 32.3 Å². The number of methoxy groups -OCH3 is 2. The van der Waals surface area contributed by atoms with Crippen molar-refractivity contribution in [1.29, 1.82) is 0 Å². The highest BCUT2D eigenvalue weighted by Gasteiger charge is 2.19. The van der Waals surface area contributed by atoms with Gasteiger partial charge in [0, 0.05) is 6.07 Å². The average molecular weight is 280 g/mol. The zero-order chi connectivity index (χ0) is 15.0. The molecular weight excluding hydrogens is 256 g/mol. The van der Waals surface area contributed by atoms with Crippen LogP contribution in [0.15, 0.2) is 18.2 Å². The number of rotatable bonds is 9. The van der Waals surface area contributed by atoms with E-state index >= 15 is 0 Å². The Balaban J connectivity index is 2.95. The largest absolute Gasteiger partial charge is 0.497 e. The number of hydrogen-bond donors (Lipinski definition) is 1. The third-order valence-electron chi connectivity index (χ3n) is 3.46. The molecule has 1 aromatic rings. The number of aliphatic carboxylic acids is 1. The molecule has 0 fully saturated rings. The predicted octanol–water partition coefficient (Wildman–Crippen LogP) is 3.84. The van der Waals surface area contributed by atoms with Gasteiger partial charge in [-0.05, 0) is 24.0 Å². The van der Waals surface area contributed by atoms with Gasteiger partial charge in [-0.25, -0.2) is 0 Å². The lowest BCUT2D eigenvalue weighted by atomic mass is 9.89. The van der Waals surface area contributed by atoms with Crippen molar-refractivity contribution in [2.45, 2.75) is 44.9 Å². The summed E-state index contributed by atoms with van der Waals surface area (Å²) in [6.45, 7) is 2.14. The van der Waals surface area contributed by atoms with Gasteiger partial charge < -0.3 is 14.6 Å². The third kappa shape index (κ3) is 4.76. The lowest BCUT2D eigenvalue weighted by Crippen LogP contribution is -2.08. The van der Waals surface area contributed by atoms with E-state index in [1.54, 1.807) is 14.2 Å². The van der Waals surface area contributed by atoms with Crippen LogP contribution in [0.4, 0.5) is 0 Å². The van der Waals surface area contributed by atoms with Gasteiger partial charge in [0.05, 0.1) is 20.6 Å². The maximum absolute atomic E-state index is 11.1. The lowest BCUT2D eigenvalue weighted by molar-refractivity contribution is -0.137. The van der Waals surface area contributed by atoms with E-state index in [0.29, 0.717) is 11.5 Å². The van der Waals surface area contributed by atoms with Gasteiger partial charge >= 0.3 is 5.97 Å². The molecule has 0 aliphatic heterocycles. The fourth-order valence-electron chi connectivity index (χ4n) is 2.37. The van der Waals surface area contributed by atoms with E-state index < -0.39 is 5.97 Å². The molecule has 1 atom stereocenters. The molecule has 1 rings (SSSR count). The first-order chi connectivity index (χ1) is 9.62. The summed E-state index contributed by atoms with van der Waals surface area (Å²) in [5.41, 5.74) is 0.951. The topological polar surface area (TPSA) is 55.8 Å². The minimum Gasteiger partial charge on any atom is -0.497 e. The van der Waals surface area contributed by atoms with Gasteiger partial charge in [0.1, 0.15) is 11.5 Å². The number of carbonyl (C=O) groups is 1. The monoisotopic (exact) mass is 280 g/mol. The quantitative estimate of drug-likeness (QED) is 0.698. The second-order valence-electron chi connectivity index (χ2n) is 4.90. The Labute approximate surface area is 120 Å². The lowest BCUT2D eigenvalue weighted by Gasteiger charge is -2.19. The Bertz CT molecular complexity index is 428. The van der Waals surface area contributed by atoms with Crippen molar-refractivity contribution in [3.8, 4) is 11.5 Å². The molecule has 4 heteroatoms. The van der Waals surface area contributed by atoms with Gasteiger partial charge in [0.25, 0.3) is 0 Å². The maximum atomic E-state index is 11.1. The number of unbranched alkanes of at least 4 members (excludes halogenated alkanes) is 2. The Morgan fingerprint density at radius 3 is 2.55 bits per heavy atom. The Kier molecular flexibility index (Phi) is 6.91. The Hall–Kier alpha value is -1.71. The number of ether oxygens (including phenoxy) is 2. The summed E-state index contributed by atoms with van der Waals surface area (Å²) in [5.74, 6) is 0.629. The number of hydrogen-bond acceptors (Lipinski definition) is 3. The third-order valence-corrected chi connectivity index (χ3v) is 3.46. The second-order valence-corrected chi connectivity index (χ2v) is 4.90. The Morgan fingerprint density at radius 1 is 1.25 bits per heavy atom. The zero-order valence-electron chi connectivity index (χ0n) is 12.5. The number of carboxylic acid groups (broad SMARTS) is 1. The summed E-state index contributed by atoms with van der Waals surface area (Å²) in [4.78, 5) is 11.1. The first-order valence-corrected chi connectivity index (χ1v) is 7.06. The van der Waals surface area contributed by atoms with Crippen LogP contribution in [0.2, 0.25) is 0 Å². The summed E-state index contributed by atoms with van der Waals surface area (Å²) in [6.07, 6.45) is 4.27. The molecule has 112 valence electrons. The van der Waals surface area contributed by atoms with Crippen molar-refractivity contribution in [3.63, 3.8) is 0 Å². The standard InChI is InChI=1S/C16H24O4/c1-4-5-6-7-12(10-16(17)18)14-9-8-13(19-2)11-15(14)20-3/h8-9,11-12H,4-7,10H2,1-3H3,(H,17,18)/t12-/m0/s1. The molecule has 4 nitrogen and oxygen atoms in total. The van der Waals surface area contributed by atoms with Crippen LogP contribution in [0.25, 0.3) is 0 Å². The fourth-order valence-corrected chi connectivity index (χ4v) is 2.37. The average Bonchev–Trinajstić information content (AvgIpc) is 2.45.